The highest BCUT2D eigenvalue weighted by Crippen LogP contribution is 2.29. The number of pyridine rings is 1. The maximum Gasteiger partial charge on any atom is 0.245 e. The molecule has 0 spiro atoms. The van der Waals surface area contributed by atoms with Crippen molar-refractivity contribution in [2.75, 3.05) is 23.3 Å². The number of nitrogens with zero attached hydrogens (tertiary/aromatic N) is 2. The first-order valence-electron chi connectivity index (χ1n) is 10.2. The lowest BCUT2D eigenvalue weighted by atomic mass is 9.98. The summed E-state index contributed by atoms with van der Waals surface area (Å²) in [5.41, 5.74) is 3.39. The van der Waals surface area contributed by atoms with Crippen LogP contribution in [0.4, 0.5) is 17.2 Å². The van der Waals surface area contributed by atoms with E-state index in [1.807, 2.05) is 43.0 Å². The van der Waals surface area contributed by atoms with Gasteiger partial charge in [-0.1, -0.05) is 26.0 Å². The first-order valence-corrected chi connectivity index (χ1v) is 10.2. The van der Waals surface area contributed by atoms with E-state index in [9.17, 15) is 4.79 Å². The molecule has 1 amide bonds. The summed E-state index contributed by atoms with van der Waals surface area (Å²) in [5.74, 6) is 1.08. The topological polar surface area (TPSA) is 81.1 Å². The number of rotatable bonds is 6. The Bertz CT molecular complexity index is 919. The smallest absolute Gasteiger partial charge is 0.245 e. The predicted molar refractivity (Wildman–Crippen MR) is 119 cm³/mol. The molecule has 3 rings (SSSR count). The lowest BCUT2D eigenvalue weighted by molar-refractivity contribution is -0.126. The highest BCUT2D eigenvalue weighted by molar-refractivity contribution is 6.02. The number of hydrogen-bond acceptors (Lipinski definition) is 5. The molecule has 6 heteroatoms. The maximum absolute atomic E-state index is 12.4. The van der Waals surface area contributed by atoms with Crippen LogP contribution in [-0.4, -0.2) is 35.2 Å². The highest BCUT2D eigenvalue weighted by atomic mass is 16.2. The third-order valence-corrected chi connectivity index (χ3v) is 5.20. The summed E-state index contributed by atoms with van der Waals surface area (Å²) >= 11 is 0. The van der Waals surface area contributed by atoms with Gasteiger partial charge in [-0.2, -0.15) is 0 Å². The van der Waals surface area contributed by atoms with E-state index in [0.29, 0.717) is 36.8 Å². The zero-order valence-electron chi connectivity index (χ0n) is 18.0. The lowest BCUT2D eigenvalue weighted by Gasteiger charge is -2.42. The van der Waals surface area contributed by atoms with Gasteiger partial charge in [0.1, 0.15) is 17.1 Å². The molecule has 1 aromatic heterocycles. The zero-order chi connectivity index (χ0) is 21.2. The number of aromatic nitrogens is 1. The second-order valence-corrected chi connectivity index (χ2v) is 8.60. The fourth-order valence-electron chi connectivity index (χ4n) is 3.61. The maximum atomic E-state index is 12.4. The van der Waals surface area contributed by atoms with Gasteiger partial charge < -0.3 is 20.9 Å². The Morgan fingerprint density at radius 1 is 1.31 bits per heavy atom. The van der Waals surface area contributed by atoms with Crippen LogP contribution in [0.1, 0.15) is 45.4 Å². The summed E-state index contributed by atoms with van der Waals surface area (Å²) in [6.07, 6.45) is 0.642. The Labute approximate surface area is 173 Å². The second kappa shape index (κ2) is 8.23. The Balaban J connectivity index is 2.01. The van der Waals surface area contributed by atoms with Gasteiger partial charge in [-0.05, 0) is 62.9 Å². The van der Waals surface area contributed by atoms with Gasteiger partial charge in [0.15, 0.2) is 0 Å². The largest absolute Gasteiger partial charge is 0.354 e. The standard InChI is InChI=1S/C23H31N5O/c1-15(2)13-18(24)21-19(26-17-8-6-7-16(3)14-17)9-10-20(27-21)28-12-11-25-22(29)23(28,4)5/h6-10,14-15,24,26H,11-13H2,1-5H3,(H,25,29). The number of carbonyl (C=O) groups is 1. The second-order valence-electron chi connectivity index (χ2n) is 8.60. The molecule has 29 heavy (non-hydrogen) atoms. The molecule has 2 heterocycles. The van der Waals surface area contributed by atoms with Gasteiger partial charge in [0.25, 0.3) is 0 Å². The van der Waals surface area contributed by atoms with Crippen molar-refractivity contribution in [1.29, 1.82) is 5.41 Å². The van der Waals surface area contributed by atoms with Gasteiger partial charge in [-0.15, -0.1) is 0 Å². The monoisotopic (exact) mass is 393 g/mol. The summed E-state index contributed by atoms with van der Waals surface area (Å²) < 4.78 is 0. The molecule has 3 N–H and O–H groups in total. The van der Waals surface area contributed by atoms with Gasteiger partial charge in [0.2, 0.25) is 5.91 Å². The van der Waals surface area contributed by atoms with Crippen molar-refractivity contribution in [3.05, 3.63) is 47.7 Å². The van der Waals surface area contributed by atoms with E-state index >= 15 is 0 Å². The van der Waals surface area contributed by atoms with Gasteiger partial charge in [0, 0.05) is 18.8 Å². The summed E-state index contributed by atoms with van der Waals surface area (Å²) in [6.45, 7) is 11.3. The van der Waals surface area contributed by atoms with E-state index in [4.69, 9.17) is 10.4 Å². The Kier molecular flexibility index (Phi) is 5.91. The minimum absolute atomic E-state index is 0.00804. The average Bonchev–Trinajstić information content (AvgIpc) is 2.64. The molecule has 1 aliphatic heterocycles. The van der Waals surface area contributed by atoms with Crippen LogP contribution in [0.2, 0.25) is 0 Å². The van der Waals surface area contributed by atoms with Gasteiger partial charge >= 0.3 is 0 Å². The molecule has 0 aliphatic carbocycles. The molecule has 1 aromatic carbocycles. The number of piperazine rings is 1. The van der Waals surface area contributed by atoms with E-state index in [1.54, 1.807) is 0 Å². The number of hydrogen-bond donors (Lipinski definition) is 3. The minimum Gasteiger partial charge on any atom is -0.354 e. The average molecular weight is 394 g/mol. The molecule has 1 aliphatic rings. The normalized spacial score (nSPS) is 15.9. The van der Waals surface area contributed by atoms with Crippen LogP contribution >= 0.6 is 0 Å². The van der Waals surface area contributed by atoms with Crippen LogP contribution in [0.5, 0.6) is 0 Å². The first kappa shape index (κ1) is 20.8. The molecule has 6 nitrogen and oxygen atoms in total. The molecule has 0 atom stereocenters. The Morgan fingerprint density at radius 3 is 2.76 bits per heavy atom. The third kappa shape index (κ3) is 4.58. The number of benzene rings is 1. The van der Waals surface area contributed by atoms with Crippen LogP contribution in [0.25, 0.3) is 0 Å². The molecule has 0 radical (unpaired) electrons. The van der Waals surface area contributed by atoms with Gasteiger partial charge in [-0.3, -0.25) is 4.79 Å². The van der Waals surface area contributed by atoms with Crippen molar-refractivity contribution in [3.63, 3.8) is 0 Å². The summed E-state index contributed by atoms with van der Waals surface area (Å²) in [7, 11) is 0. The van der Waals surface area contributed by atoms with Crippen LogP contribution < -0.4 is 15.5 Å². The SMILES string of the molecule is Cc1cccc(Nc2ccc(N3CCNC(=O)C3(C)C)nc2C(=N)CC(C)C)c1. The van der Waals surface area contributed by atoms with Gasteiger partial charge in [0.05, 0.1) is 11.4 Å². The molecule has 0 unspecified atom stereocenters. The molecule has 1 saturated heterocycles. The van der Waals surface area contributed by atoms with E-state index in [0.717, 1.165) is 17.2 Å². The summed E-state index contributed by atoms with van der Waals surface area (Å²) in [4.78, 5) is 19.2. The molecule has 1 fully saturated rings. The van der Waals surface area contributed by atoms with Crippen molar-refractivity contribution in [3.8, 4) is 0 Å². The van der Waals surface area contributed by atoms with Crippen molar-refractivity contribution < 1.29 is 4.79 Å². The molecular formula is C23H31N5O. The number of amides is 1. The molecule has 0 saturated carbocycles. The summed E-state index contributed by atoms with van der Waals surface area (Å²) in [6, 6.07) is 12.0. The van der Waals surface area contributed by atoms with E-state index in [-0.39, 0.29) is 5.91 Å². The fourth-order valence-corrected chi connectivity index (χ4v) is 3.61. The van der Waals surface area contributed by atoms with Crippen LogP contribution in [0.15, 0.2) is 36.4 Å². The summed E-state index contributed by atoms with van der Waals surface area (Å²) in [5, 5.41) is 15.0. The molecule has 2 aromatic rings. The van der Waals surface area contributed by atoms with E-state index < -0.39 is 5.54 Å². The van der Waals surface area contributed by atoms with Gasteiger partial charge in [-0.25, -0.2) is 4.98 Å². The van der Waals surface area contributed by atoms with E-state index in [1.165, 1.54) is 5.56 Å². The minimum atomic E-state index is -0.686. The van der Waals surface area contributed by atoms with Crippen molar-refractivity contribution in [2.24, 2.45) is 5.92 Å². The number of nitrogens with one attached hydrogen (secondary N) is 3. The lowest BCUT2D eigenvalue weighted by Crippen LogP contribution is -2.62. The first-order chi connectivity index (χ1) is 13.7. The molecule has 0 bridgehead atoms. The third-order valence-electron chi connectivity index (χ3n) is 5.20. The van der Waals surface area contributed by atoms with Crippen molar-refractivity contribution in [2.45, 2.75) is 46.6 Å². The Morgan fingerprint density at radius 2 is 2.07 bits per heavy atom. The molecule has 154 valence electrons. The Hall–Kier alpha value is -2.89. The van der Waals surface area contributed by atoms with Crippen LogP contribution in [0, 0.1) is 18.3 Å². The number of carbonyl (C=O) groups excluding carboxylic acids is 1. The van der Waals surface area contributed by atoms with Crippen molar-refractivity contribution >= 4 is 28.8 Å². The number of anilines is 3. The fraction of sp³-hybridized carbons (Fsp3) is 0.435. The van der Waals surface area contributed by atoms with E-state index in [2.05, 4.69) is 43.5 Å². The highest BCUT2D eigenvalue weighted by Gasteiger charge is 2.38. The molecular weight excluding hydrogens is 362 g/mol. The predicted octanol–water partition coefficient (Wildman–Crippen LogP) is 4.26. The van der Waals surface area contributed by atoms with Crippen LogP contribution in [-0.2, 0) is 4.79 Å². The van der Waals surface area contributed by atoms with Crippen LogP contribution in [0.3, 0.4) is 0 Å². The number of aryl methyl sites for hydroxylation is 1. The zero-order valence-corrected chi connectivity index (χ0v) is 18.0. The quantitative estimate of drug-likeness (QED) is 0.641. The van der Waals surface area contributed by atoms with Crippen molar-refractivity contribution in [1.82, 2.24) is 10.3 Å².